The number of aliphatic carboxylic acids is 3. The molecule has 0 aromatic rings. The average Bonchev–Trinajstić information content (AvgIpc) is 2.65. The van der Waals surface area contributed by atoms with E-state index >= 15 is 0 Å². The molecule has 10 nitrogen and oxygen atoms in total. The molecule has 3 N–H and O–H groups in total. The Morgan fingerprint density at radius 1 is 0.793 bits per heavy atom. The zero-order valence-corrected chi connectivity index (χ0v) is 17.5. The van der Waals surface area contributed by atoms with Crippen molar-refractivity contribution in [1.82, 2.24) is 14.7 Å². The number of carboxylic acid groups (broad SMARTS) is 3. The molecule has 1 unspecified atom stereocenters. The van der Waals surface area contributed by atoms with E-state index in [9.17, 15) is 24.3 Å². The first kappa shape index (κ1) is 25.0. The summed E-state index contributed by atoms with van der Waals surface area (Å²) in [5, 5.41) is 27.9. The van der Waals surface area contributed by atoms with E-state index in [4.69, 9.17) is 10.2 Å². The number of nitrogens with zero attached hydrogens (tertiary/aromatic N) is 3. The van der Waals surface area contributed by atoms with Crippen molar-refractivity contribution in [3.05, 3.63) is 0 Å². The maximum atomic E-state index is 12.2. The van der Waals surface area contributed by atoms with Crippen LogP contribution in [0.2, 0.25) is 0 Å². The lowest BCUT2D eigenvalue weighted by atomic mass is 9.87. The van der Waals surface area contributed by atoms with Crippen molar-refractivity contribution in [3.8, 4) is 0 Å². The summed E-state index contributed by atoms with van der Waals surface area (Å²) in [5.41, 5.74) is -0.548. The fourth-order valence-electron chi connectivity index (χ4n) is 3.27. The second-order valence-corrected chi connectivity index (χ2v) is 8.44. The highest BCUT2D eigenvalue weighted by Gasteiger charge is 2.30. The number of rotatable bonds is 9. The Labute approximate surface area is 171 Å². The molecular weight excluding hydrogens is 382 g/mol. The van der Waals surface area contributed by atoms with Gasteiger partial charge in [-0.15, -0.1) is 0 Å². The highest BCUT2D eigenvalue weighted by molar-refractivity contribution is 5.84. The molecule has 1 heterocycles. The van der Waals surface area contributed by atoms with E-state index < -0.39 is 29.4 Å². The summed E-state index contributed by atoms with van der Waals surface area (Å²) in [7, 11) is 0. The first-order chi connectivity index (χ1) is 13.4. The van der Waals surface area contributed by atoms with Crippen molar-refractivity contribution in [2.75, 3.05) is 52.4 Å². The molecule has 166 valence electrons. The Kier molecular flexibility index (Phi) is 9.67. The van der Waals surface area contributed by atoms with Crippen LogP contribution in [0.4, 0.5) is 0 Å². The standard InChI is InChI=1S/C19H33N3O7/c1-19(2,3)15(23)5-4-14(18(28)29)22-10-8-20(12-16(24)25)6-7-21(9-11-22)13-17(26)27/h14H,4-13H2,1-3H3,(H,24,25)(H,26,27)(H,28,29). The lowest BCUT2D eigenvalue weighted by Gasteiger charge is -2.31. The molecule has 0 spiro atoms. The summed E-state index contributed by atoms with van der Waals surface area (Å²) in [4.78, 5) is 51.4. The largest absolute Gasteiger partial charge is 0.480 e. The molecule has 0 aromatic heterocycles. The summed E-state index contributed by atoms with van der Waals surface area (Å²) in [6, 6.07) is -0.891. The summed E-state index contributed by atoms with van der Waals surface area (Å²) in [6.45, 7) is 7.10. The van der Waals surface area contributed by atoms with E-state index in [2.05, 4.69) is 0 Å². The van der Waals surface area contributed by atoms with Gasteiger partial charge in [0, 0.05) is 51.1 Å². The number of Topliss-reactive ketones (excluding diaryl/α,β-unsaturated/α-hetero) is 1. The summed E-state index contributed by atoms with van der Waals surface area (Å²) >= 11 is 0. The zero-order chi connectivity index (χ0) is 22.2. The Balaban J connectivity index is 2.93. The molecule has 0 bridgehead atoms. The van der Waals surface area contributed by atoms with Crippen LogP contribution in [0.15, 0.2) is 0 Å². The van der Waals surface area contributed by atoms with Crippen LogP contribution >= 0.6 is 0 Å². The van der Waals surface area contributed by atoms with Crippen LogP contribution in [-0.2, 0) is 19.2 Å². The van der Waals surface area contributed by atoms with Crippen molar-refractivity contribution in [2.24, 2.45) is 5.41 Å². The van der Waals surface area contributed by atoms with Gasteiger partial charge in [0.25, 0.3) is 0 Å². The fraction of sp³-hybridized carbons (Fsp3) is 0.789. The molecule has 0 aliphatic carbocycles. The number of carboxylic acids is 3. The minimum absolute atomic E-state index is 0.0203. The minimum atomic E-state index is -1.04. The van der Waals surface area contributed by atoms with Crippen LogP contribution in [0.1, 0.15) is 33.6 Å². The third-order valence-electron chi connectivity index (χ3n) is 5.06. The van der Waals surface area contributed by atoms with Gasteiger partial charge >= 0.3 is 17.9 Å². The minimum Gasteiger partial charge on any atom is -0.480 e. The molecule has 0 amide bonds. The average molecular weight is 415 g/mol. The van der Waals surface area contributed by atoms with Crippen molar-refractivity contribution >= 4 is 23.7 Å². The molecule has 1 fully saturated rings. The quantitative estimate of drug-likeness (QED) is 0.469. The van der Waals surface area contributed by atoms with Gasteiger partial charge in [0.2, 0.25) is 0 Å². The van der Waals surface area contributed by atoms with Crippen LogP contribution in [-0.4, -0.2) is 112 Å². The van der Waals surface area contributed by atoms with Crippen LogP contribution in [0, 0.1) is 5.41 Å². The second kappa shape index (κ2) is 11.2. The van der Waals surface area contributed by atoms with Crippen LogP contribution in [0.25, 0.3) is 0 Å². The van der Waals surface area contributed by atoms with Gasteiger partial charge in [-0.05, 0) is 6.42 Å². The van der Waals surface area contributed by atoms with Gasteiger partial charge in [-0.25, -0.2) is 0 Å². The monoisotopic (exact) mass is 415 g/mol. The van der Waals surface area contributed by atoms with Gasteiger partial charge < -0.3 is 15.3 Å². The van der Waals surface area contributed by atoms with Gasteiger partial charge in [0.15, 0.2) is 0 Å². The normalized spacial score (nSPS) is 19.0. The third-order valence-corrected chi connectivity index (χ3v) is 5.06. The predicted molar refractivity (Wildman–Crippen MR) is 105 cm³/mol. The smallest absolute Gasteiger partial charge is 0.320 e. The van der Waals surface area contributed by atoms with Gasteiger partial charge in [0.1, 0.15) is 11.8 Å². The highest BCUT2D eigenvalue weighted by atomic mass is 16.4. The molecule has 1 aliphatic heterocycles. The van der Waals surface area contributed by atoms with Gasteiger partial charge in [-0.3, -0.25) is 33.9 Å². The lowest BCUT2D eigenvalue weighted by molar-refractivity contribution is -0.145. The van der Waals surface area contributed by atoms with Gasteiger partial charge in [0.05, 0.1) is 13.1 Å². The van der Waals surface area contributed by atoms with Crippen molar-refractivity contribution in [2.45, 2.75) is 39.7 Å². The van der Waals surface area contributed by atoms with Crippen molar-refractivity contribution < 1.29 is 34.5 Å². The van der Waals surface area contributed by atoms with Gasteiger partial charge in [-0.2, -0.15) is 0 Å². The maximum absolute atomic E-state index is 12.2. The molecule has 1 atom stereocenters. The van der Waals surface area contributed by atoms with E-state index in [0.717, 1.165) is 0 Å². The topological polar surface area (TPSA) is 139 Å². The van der Waals surface area contributed by atoms with E-state index in [1.165, 1.54) is 0 Å². The van der Waals surface area contributed by atoms with E-state index in [1.54, 1.807) is 35.5 Å². The Hall–Kier alpha value is -2.04. The molecule has 10 heteroatoms. The fourth-order valence-corrected chi connectivity index (χ4v) is 3.27. The molecule has 29 heavy (non-hydrogen) atoms. The van der Waals surface area contributed by atoms with E-state index in [1.807, 2.05) is 0 Å². The SMILES string of the molecule is CC(C)(C)C(=O)CCC(C(=O)O)N1CCN(CC(=O)O)CCN(CC(=O)O)CC1. The number of carbonyl (C=O) groups is 4. The highest BCUT2D eigenvalue weighted by Crippen LogP contribution is 2.20. The Morgan fingerprint density at radius 3 is 1.55 bits per heavy atom. The molecule has 0 saturated carbocycles. The number of ketones is 1. The summed E-state index contributed by atoms with van der Waals surface area (Å²) in [5.74, 6) is -3.05. The van der Waals surface area contributed by atoms with Crippen LogP contribution < -0.4 is 0 Å². The van der Waals surface area contributed by atoms with E-state index in [0.29, 0.717) is 39.3 Å². The molecule has 1 saturated heterocycles. The lowest BCUT2D eigenvalue weighted by Crippen LogP contribution is -2.47. The van der Waals surface area contributed by atoms with Crippen LogP contribution in [0.5, 0.6) is 0 Å². The Morgan fingerprint density at radius 2 is 1.21 bits per heavy atom. The van der Waals surface area contributed by atoms with Gasteiger partial charge in [-0.1, -0.05) is 20.8 Å². The predicted octanol–water partition coefficient (Wildman–Crippen LogP) is -0.0762. The molecular formula is C19H33N3O7. The molecule has 0 aromatic carbocycles. The number of carbonyl (C=O) groups excluding carboxylic acids is 1. The van der Waals surface area contributed by atoms with Crippen LogP contribution in [0.3, 0.4) is 0 Å². The second-order valence-electron chi connectivity index (χ2n) is 8.44. The number of hydrogen-bond acceptors (Lipinski definition) is 7. The molecule has 1 aliphatic rings. The summed E-state index contributed by atoms with van der Waals surface area (Å²) in [6.07, 6.45) is 0.290. The third kappa shape index (κ3) is 9.33. The van der Waals surface area contributed by atoms with E-state index in [-0.39, 0.29) is 31.7 Å². The maximum Gasteiger partial charge on any atom is 0.320 e. The first-order valence-corrected chi connectivity index (χ1v) is 9.78. The zero-order valence-electron chi connectivity index (χ0n) is 17.5. The summed E-state index contributed by atoms with van der Waals surface area (Å²) < 4.78 is 0. The first-order valence-electron chi connectivity index (χ1n) is 9.78. The Bertz CT molecular complexity index is 575. The molecule has 1 rings (SSSR count). The molecule has 0 radical (unpaired) electrons. The van der Waals surface area contributed by atoms with Crippen molar-refractivity contribution in [3.63, 3.8) is 0 Å². The van der Waals surface area contributed by atoms with Crippen molar-refractivity contribution in [1.29, 1.82) is 0 Å². The number of hydrogen-bond donors (Lipinski definition) is 3.